The molecule has 2 aromatic rings. The minimum atomic E-state index is 0.182. The van der Waals surface area contributed by atoms with Gasteiger partial charge in [-0.2, -0.15) is 0 Å². The fourth-order valence-corrected chi connectivity index (χ4v) is 6.26. The molecule has 0 heterocycles. The van der Waals surface area contributed by atoms with Gasteiger partial charge in [0.1, 0.15) is 0 Å². The van der Waals surface area contributed by atoms with Gasteiger partial charge in [-0.15, -0.1) is 0 Å². The molecule has 0 fully saturated rings. The summed E-state index contributed by atoms with van der Waals surface area (Å²) in [4.78, 5) is 0. The summed E-state index contributed by atoms with van der Waals surface area (Å²) < 4.78 is 0.301. The van der Waals surface area contributed by atoms with Gasteiger partial charge < -0.3 is 0 Å². The summed E-state index contributed by atoms with van der Waals surface area (Å²) in [5.41, 5.74) is 3.66. The summed E-state index contributed by atoms with van der Waals surface area (Å²) in [6.07, 6.45) is 4.93. The van der Waals surface area contributed by atoms with Crippen LogP contribution >= 0.6 is 22.6 Å². The predicted octanol–water partition coefficient (Wildman–Crippen LogP) is 9.22. The Labute approximate surface area is 188 Å². The highest BCUT2D eigenvalue weighted by atomic mass is 127. The molecule has 0 amide bonds. The van der Waals surface area contributed by atoms with Gasteiger partial charge >= 0.3 is 0 Å². The van der Waals surface area contributed by atoms with E-state index in [0.717, 1.165) is 0 Å². The Morgan fingerprint density at radius 1 is 0.679 bits per heavy atom. The van der Waals surface area contributed by atoms with E-state index in [9.17, 15) is 0 Å². The van der Waals surface area contributed by atoms with Crippen LogP contribution in [0.2, 0.25) is 0 Å². The van der Waals surface area contributed by atoms with Gasteiger partial charge in [0.25, 0.3) is 0 Å². The van der Waals surface area contributed by atoms with Crippen LogP contribution in [0.1, 0.15) is 99.1 Å². The van der Waals surface area contributed by atoms with Crippen LogP contribution in [0, 0.1) is 5.41 Å². The molecule has 28 heavy (non-hydrogen) atoms. The van der Waals surface area contributed by atoms with Gasteiger partial charge in [-0.25, -0.2) is 0 Å². The van der Waals surface area contributed by atoms with Crippen LogP contribution < -0.4 is 0 Å². The lowest BCUT2D eigenvalue weighted by Crippen LogP contribution is -2.27. The largest absolute Gasteiger partial charge is 0.0794 e. The molecule has 0 radical (unpaired) electrons. The topological polar surface area (TPSA) is 0 Å². The summed E-state index contributed by atoms with van der Waals surface area (Å²) in [7, 11) is 0. The van der Waals surface area contributed by atoms with Gasteiger partial charge in [0, 0.05) is 3.42 Å². The first-order valence-corrected chi connectivity index (χ1v) is 12.0. The molecule has 0 aliphatic heterocycles. The fraction of sp³-hybridized carbons (Fsp3) is 0.630. The van der Waals surface area contributed by atoms with E-state index in [-0.39, 0.29) is 10.8 Å². The van der Waals surface area contributed by atoms with Gasteiger partial charge in [0.2, 0.25) is 0 Å². The van der Waals surface area contributed by atoms with Crippen molar-refractivity contribution < 1.29 is 0 Å². The van der Waals surface area contributed by atoms with E-state index in [1.807, 2.05) is 0 Å². The average Bonchev–Trinajstić information content (AvgIpc) is 2.50. The zero-order valence-corrected chi connectivity index (χ0v) is 21.8. The third-order valence-electron chi connectivity index (χ3n) is 6.11. The lowest BCUT2D eigenvalue weighted by atomic mass is 9.69. The van der Waals surface area contributed by atoms with E-state index in [1.165, 1.54) is 47.6 Å². The van der Waals surface area contributed by atoms with Crippen LogP contribution in [0.4, 0.5) is 0 Å². The van der Waals surface area contributed by atoms with E-state index in [0.29, 0.717) is 8.84 Å². The fourth-order valence-electron chi connectivity index (χ4n) is 5.30. The molecule has 0 aliphatic rings. The van der Waals surface area contributed by atoms with Gasteiger partial charge in [-0.3, -0.25) is 0 Å². The molecule has 0 unspecified atom stereocenters. The van der Waals surface area contributed by atoms with Crippen LogP contribution in [-0.4, -0.2) is 3.42 Å². The molecule has 0 saturated carbocycles. The maximum Gasteiger partial charge on any atom is 0.0174 e. The van der Waals surface area contributed by atoms with Crippen molar-refractivity contribution in [2.45, 2.75) is 102 Å². The molecule has 0 bridgehead atoms. The molecular formula is C27H41I. The molecule has 0 spiro atoms. The van der Waals surface area contributed by atoms with Crippen LogP contribution in [0.25, 0.3) is 10.8 Å². The smallest absolute Gasteiger partial charge is 0.0174 e. The quantitative estimate of drug-likeness (QED) is 0.255. The molecule has 0 saturated heterocycles. The van der Waals surface area contributed by atoms with Gasteiger partial charge in [-0.05, 0) is 57.4 Å². The average molecular weight is 493 g/mol. The van der Waals surface area contributed by atoms with Crippen molar-refractivity contribution >= 4 is 33.4 Å². The first kappa shape index (κ1) is 23.7. The summed E-state index contributed by atoms with van der Waals surface area (Å²) in [5, 5.41) is 2.73. The van der Waals surface area contributed by atoms with Crippen LogP contribution in [-0.2, 0) is 10.8 Å². The maximum atomic E-state index is 2.58. The second-order valence-electron chi connectivity index (χ2n) is 11.5. The number of rotatable bonds is 8. The first-order valence-electron chi connectivity index (χ1n) is 10.9. The number of alkyl halides is 1. The molecule has 0 aliphatic carbocycles. The molecular weight excluding hydrogens is 451 g/mol. The predicted molar refractivity (Wildman–Crippen MR) is 136 cm³/mol. The zero-order chi connectivity index (χ0) is 21.4. The van der Waals surface area contributed by atoms with E-state index in [1.54, 1.807) is 0 Å². The van der Waals surface area contributed by atoms with Crippen molar-refractivity contribution in [1.29, 1.82) is 0 Å². The number of fused-ring (bicyclic) bond motifs is 1. The number of halogens is 1. The lowest BCUT2D eigenvalue weighted by Gasteiger charge is -2.35. The molecule has 0 N–H and O–H groups in total. The molecule has 0 atom stereocenters. The molecule has 1 heteroatoms. The van der Waals surface area contributed by atoms with Crippen molar-refractivity contribution in [3.63, 3.8) is 0 Å². The minimum Gasteiger partial charge on any atom is -0.0794 e. The molecule has 0 aromatic heterocycles. The molecule has 156 valence electrons. The first-order chi connectivity index (χ1) is 12.7. The Morgan fingerprint density at radius 3 is 1.50 bits per heavy atom. The third-order valence-corrected chi connectivity index (χ3v) is 6.49. The van der Waals surface area contributed by atoms with E-state index in [4.69, 9.17) is 0 Å². The van der Waals surface area contributed by atoms with Gasteiger partial charge in [0.05, 0.1) is 0 Å². The van der Waals surface area contributed by atoms with Crippen molar-refractivity contribution in [3.05, 3.63) is 47.5 Å². The number of hydrogen-bond donors (Lipinski definition) is 0. The molecule has 0 nitrogen and oxygen atoms in total. The second kappa shape index (κ2) is 8.28. The minimum absolute atomic E-state index is 0.182. The van der Waals surface area contributed by atoms with Crippen molar-refractivity contribution in [1.82, 2.24) is 0 Å². The van der Waals surface area contributed by atoms with Gasteiger partial charge in [-0.1, -0.05) is 128 Å². The maximum absolute atomic E-state index is 2.58. The zero-order valence-electron chi connectivity index (χ0n) is 19.7. The lowest BCUT2D eigenvalue weighted by molar-refractivity contribution is 0.237. The van der Waals surface area contributed by atoms with E-state index in [2.05, 4.69) is 121 Å². The van der Waals surface area contributed by atoms with Gasteiger partial charge in [0.15, 0.2) is 0 Å². The highest BCUT2D eigenvalue weighted by Gasteiger charge is 2.30. The Kier molecular flexibility index (Phi) is 7.01. The monoisotopic (exact) mass is 492 g/mol. The number of hydrogen-bond acceptors (Lipinski definition) is 0. The molecule has 2 aromatic carbocycles. The SMILES string of the molecule is CCCC(C)(C)CC(C)(C)c1ccc2cc(C(C)(C)CC(C)(C)I)ccc2c1. The normalized spacial score (nSPS) is 13.9. The van der Waals surface area contributed by atoms with Crippen molar-refractivity contribution in [2.24, 2.45) is 5.41 Å². The Morgan fingerprint density at radius 2 is 1.11 bits per heavy atom. The van der Waals surface area contributed by atoms with Crippen molar-refractivity contribution in [2.75, 3.05) is 0 Å². The molecule has 2 rings (SSSR count). The summed E-state index contributed by atoms with van der Waals surface area (Å²) >= 11 is 2.58. The van der Waals surface area contributed by atoms with Crippen LogP contribution in [0.5, 0.6) is 0 Å². The summed E-state index contributed by atoms with van der Waals surface area (Å²) in [6, 6.07) is 14.2. The van der Waals surface area contributed by atoms with Crippen molar-refractivity contribution in [3.8, 4) is 0 Å². The highest BCUT2D eigenvalue weighted by Crippen LogP contribution is 2.41. The number of benzene rings is 2. The van der Waals surface area contributed by atoms with E-state index >= 15 is 0 Å². The standard InChI is InChI=1S/C27H41I/c1-10-15-24(2,3)18-25(4,5)22-13-11-21-17-23(14-12-20(21)16-22)26(6,7)19-27(8,9)28/h11-14,16-17H,10,15,18-19H2,1-9H3. The summed E-state index contributed by atoms with van der Waals surface area (Å²) in [5.74, 6) is 0. The second-order valence-corrected chi connectivity index (χ2v) is 14.5. The van der Waals surface area contributed by atoms with Crippen LogP contribution in [0.15, 0.2) is 36.4 Å². The Balaban J connectivity index is 2.35. The summed E-state index contributed by atoms with van der Waals surface area (Å²) in [6.45, 7) is 21.4. The Bertz CT molecular complexity index is 803. The highest BCUT2D eigenvalue weighted by molar-refractivity contribution is 14.1. The van der Waals surface area contributed by atoms with Crippen LogP contribution in [0.3, 0.4) is 0 Å². The Hall–Kier alpha value is -0.570. The van der Waals surface area contributed by atoms with E-state index < -0.39 is 0 Å². The third kappa shape index (κ3) is 6.21.